The molecule has 0 aliphatic heterocycles. The second-order valence-corrected chi connectivity index (χ2v) is 10.1. The number of halogens is 1. The number of benzene rings is 2. The van der Waals surface area contributed by atoms with Crippen molar-refractivity contribution in [3.8, 4) is 0 Å². The van der Waals surface area contributed by atoms with Gasteiger partial charge in [-0.1, -0.05) is 49.7 Å². The zero-order valence-electron chi connectivity index (χ0n) is 19.5. The molecule has 2 aromatic carbocycles. The molecule has 0 spiro atoms. The van der Waals surface area contributed by atoms with Crippen molar-refractivity contribution in [2.75, 3.05) is 23.7 Å². The lowest BCUT2D eigenvalue weighted by atomic mass is 10.1. The number of carbonyl (C=O) groups excluding carboxylic acids is 2. The molecule has 0 unspecified atom stereocenters. The predicted molar refractivity (Wildman–Crippen MR) is 133 cm³/mol. The second kappa shape index (κ2) is 12.0. The van der Waals surface area contributed by atoms with Gasteiger partial charge in [-0.25, -0.2) is 8.42 Å². The van der Waals surface area contributed by atoms with Crippen LogP contribution in [-0.2, 0) is 32.6 Å². The van der Waals surface area contributed by atoms with Crippen LogP contribution in [0.5, 0.6) is 0 Å². The van der Waals surface area contributed by atoms with Crippen LogP contribution in [0.15, 0.2) is 48.5 Å². The van der Waals surface area contributed by atoms with Crippen molar-refractivity contribution in [1.82, 2.24) is 10.2 Å². The van der Waals surface area contributed by atoms with Crippen LogP contribution in [-0.4, -0.2) is 50.5 Å². The third-order valence-electron chi connectivity index (χ3n) is 5.31. The molecule has 0 fully saturated rings. The van der Waals surface area contributed by atoms with Crippen LogP contribution in [0.1, 0.15) is 38.3 Å². The van der Waals surface area contributed by atoms with Gasteiger partial charge in [-0.15, -0.1) is 0 Å². The van der Waals surface area contributed by atoms with Gasteiger partial charge in [-0.05, 0) is 55.2 Å². The molecule has 0 heterocycles. The van der Waals surface area contributed by atoms with E-state index in [-0.39, 0.29) is 12.5 Å². The number of sulfonamides is 1. The fourth-order valence-corrected chi connectivity index (χ4v) is 4.49. The molecule has 2 amide bonds. The number of likely N-dealkylation sites (N-methyl/N-ethyl adjacent to an activating group) is 1. The van der Waals surface area contributed by atoms with Crippen LogP contribution in [0.4, 0.5) is 5.69 Å². The van der Waals surface area contributed by atoms with E-state index >= 15 is 0 Å². The van der Waals surface area contributed by atoms with Crippen molar-refractivity contribution in [2.24, 2.45) is 0 Å². The molecule has 0 aliphatic rings. The van der Waals surface area contributed by atoms with Crippen LogP contribution >= 0.6 is 11.6 Å². The lowest BCUT2D eigenvalue weighted by molar-refractivity contribution is -0.140. The Morgan fingerprint density at radius 1 is 0.970 bits per heavy atom. The largest absolute Gasteiger partial charge is 0.355 e. The van der Waals surface area contributed by atoms with E-state index in [1.807, 2.05) is 26.0 Å². The van der Waals surface area contributed by atoms with Gasteiger partial charge in [0.05, 0.1) is 11.9 Å². The van der Waals surface area contributed by atoms with E-state index in [9.17, 15) is 18.0 Å². The van der Waals surface area contributed by atoms with Gasteiger partial charge in [0.1, 0.15) is 12.6 Å². The number of hydrogen-bond donors (Lipinski definition) is 1. The van der Waals surface area contributed by atoms with Crippen LogP contribution < -0.4 is 9.62 Å². The van der Waals surface area contributed by atoms with Crippen molar-refractivity contribution in [1.29, 1.82) is 0 Å². The zero-order valence-corrected chi connectivity index (χ0v) is 21.1. The van der Waals surface area contributed by atoms with E-state index < -0.39 is 28.5 Å². The summed E-state index contributed by atoms with van der Waals surface area (Å²) in [5.41, 5.74) is 2.25. The number of hydrogen-bond acceptors (Lipinski definition) is 4. The minimum absolute atomic E-state index is 0.151. The average molecular weight is 494 g/mol. The number of anilines is 1. The molecular weight excluding hydrogens is 462 g/mol. The quantitative estimate of drug-likeness (QED) is 0.518. The topological polar surface area (TPSA) is 86.8 Å². The summed E-state index contributed by atoms with van der Waals surface area (Å²) in [6, 6.07) is 13.3. The fourth-order valence-electron chi connectivity index (χ4n) is 3.51. The summed E-state index contributed by atoms with van der Waals surface area (Å²) < 4.78 is 26.2. The number of amides is 2. The van der Waals surface area contributed by atoms with Crippen molar-refractivity contribution in [3.05, 3.63) is 64.7 Å². The van der Waals surface area contributed by atoms with E-state index in [0.717, 1.165) is 28.1 Å². The molecule has 0 aromatic heterocycles. The fraction of sp³-hybridized carbons (Fsp3) is 0.417. The first-order valence-corrected chi connectivity index (χ1v) is 13.2. The molecule has 33 heavy (non-hydrogen) atoms. The highest BCUT2D eigenvalue weighted by molar-refractivity contribution is 7.92. The zero-order chi connectivity index (χ0) is 24.6. The first-order valence-electron chi connectivity index (χ1n) is 11.0. The standard InChI is InChI=1S/C24H32ClN3O4S/c1-5-18-10-14-21(15-11-18)28(33(4,31)32)17-23(29)27(22(6-2)24(30)26-7-3)16-19-8-12-20(25)13-9-19/h8-15,22H,5-7,16-17H2,1-4H3,(H,26,30)/t22-/m1/s1. The summed E-state index contributed by atoms with van der Waals surface area (Å²) in [4.78, 5) is 27.7. The molecule has 0 radical (unpaired) electrons. The van der Waals surface area contributed by atoms with Crippen molar-refractivity contribution in [3.63, 3.8) is 0 Å². The molecule has 1 atom stereocenters. The van der Waals surface area contributed by atoms with Gasteiger partial charge < -0.3 is 10.2 Å². The predicted octanol–water partition coefficient (Wildman–Crippen LogP) is 3.61. The molecule has 2 rings (SSSR count). The van der Waals surface area contributed by atoms with E-state index in [0.29, 0.717) is 23.7 Å². The normalized spacial score (nSPS) is 12.2. The van der Waals surface area contributed by atoms with E-state index in [1.165, 1.54) is 4.90 Å². The van der Waals surface area contributed by atoms with Gasteiger partial charge >= 0.3 is 0 Å². The minimum atomic E-state index is -3.74. The molecule has 1 N–H and O–H groups in total. The molecular formula is C24H32ClN3O4S. The molecule has 0 saturated carbocycles. The Hall–Kier alpha value is -2.58. The summed E-state index contributed by atoms with van der Waals surface area (Å²) in [6.45, 7) is 5.80. The van der Waals surface area contributed by atoms with Crippen LogP contribution in [0, 0.1) is 0 Å². The lowest BCUT2D eigenvalue weighted by Crippen LogP contribution is -2.52. The number of carbonyl (C=O) groups is 2. The highest BCUT2D eigenvalue weighted by Crippen LogP contribution is 2.21. The van der Waals surface area contributed by atoms with Gasteiger partial charge in [0.2, 0.25) is 21.8 Å². The van der Waals surface area contributed by atoms with E-state index in [4.69, 9.17) is 11.6 Å². The minimum Gasteiger partial charge on any atom is -0.355 e. The van der Waals surface area contributed by atoms with E-state index in [1.54, 1.807) is 43.3 Å². The third kappa shape index (κ3) is 7.47. The number of nitrogens with zero attached hydrogens (tertiary/aromatic N) is 2. The number of aryl methyl sites for hydroxylation is 1. The molecule has 2 aromatic rings. The van der Waals surface area contributed by atoms with Crippen LogP contribution in [0.2, 0.25) is 5.02 Å². The monoisotopic (exact) mass is 493 g/mol. The van der Waals surface area contributed by atoms with Gasteiger partial charge in [-0.3, -0.25) is 13.9 Å². The lowest BCUT2D eigenvalue weighted by Gasteiger charge is -2.32. The smallest absolute Gasteiger partial charge is 0.244 e. The Morgan fingerprint density at radius 2 is 1.55 bits per heavy atom. The van der Waals surface area contributed by atoms with Gasteiger partial charge in [0.15, 0.2) is 0 Å². The third-order valence-corrected chi connectivity index (χ3v) is 6.71. The Balaban J connectivity index is 2.40. The highest BCUT2D eigenvalue weighted by Gasteiger charge is 2.31. The van der Waals surface area contributed by atoms with Crippen LogP contribution in [0.3, 0.4) is 0 Å². The average Bonchev–Trinajstić information content (AvgIpc) is 2.78. The summed E-state index contributed by atoms with van der Waals surface area (Å²) in [7, 11) is -3.74. The summed E-state index contributed by atoms with van der Waals surface area (Å²) in [5, 5.41) is 3.33. The van der Waals surface area contributed by atoms with Gasteiger partial charge in [-0.2, -0.15) is 0 Å². The van der Waals surface area contributed by atoms with Gasteiger partial charge in [0.25, 0.3) is 0 Å². The molecule has 180 valence electrons. The maximum absolute atomic E-state index is 13.5. The number of rotatable bonds is 11. The first kappa shape index (κ1) is 26.7. The summed E-state index contributed by atoms with van der Waals surface area (Å²) >= 11 is 5.98. The van der Waals surface area contributed by atoms with E-state index in [2.05, 4.69) is 5.32 Å². The Morgan fingerprint density at radius 3 is 2.03 bits per heavy atom. The summed E-state index contributed by atoms with van der Waals surface area (Å²) in [6.07, 6.45) is 2.27. The van der Waals surface area contributed by atoms with Gasteiger partial charge in [0, 0.05) is 18.1 Å². The molecule has 7 nitrogen and oxygen atoms in total. The maximum Gasteiger partial charge on any atom is 0.244 e. The SMILES string of the molecule is CCNC(=O)[C@@H](CC)N(Cc1ccc(Cl)cc1)C(=O)CN(c1ccc(CC)cc1)S(C)(=O)=O. The Bertz CT molecular complexity index is 1040. The summed E-state index contributed by atoms with van der Waals surface area (Å²) in [5.74, 6) is -0.742. The molecule has 0 aliphatic carbocycles. The first-order chi connectivity index (χ1) is 15.6. The Kier molecular flexibility index (Phi) is 9.73. The molecule has 0 saturated heterocycles. The second-order valence-electron chi connectivity index (χ2n) is 7.76. The Labute approximate surface area is 201 Å². The maximum atomic E-state index is 13.5. The molecule has 0 bridgehead atoms. The van der Waals surface area contributed by atoms with Crippen molar-refractivity contribution >= 4 is 39.1 Å². The van der Waals surface area contributed by atoms with Crippen LogP contribution in [0.25, 0.3) is 0 Å². The highest BCUT2D eigenvalue weighted by atomic mass is 35.5. The van der Waals surface area contributed by atoms with Crippen molar-refractivity contribution < 1.29 is 18.0 Å². The van der Waals surface area contributed by atoms with Crippen molar-refractivity contribution in [2.45, 2.75) is 46.2 Å². The molecule has 9 heteroatoms. The number of nitrogens with one attached hydrogen (secondary N) is 1.